The minimum absolute atomic E-state index is 0.157. The fourth-order valence-corrected chi connectivity index (χ4v) is 2.78. The van der Waals surface area contributed by atoms with Gasteiger partial charge in [0.2, 0.25) is 11.8 Å². The van der Waals surface area contributed by atoms with Crippen LogP contribution in [0.15, 0.2) is 18.2 Å². The molecule has 0 spiro atoms. The van der Waals surface area contributed by atoms with E-state index >= 15 is 0 Å². The zero-order valence-electron chi connectivity index (χ0n) is 16.6. The maximum atomic E-state index is 12.5. The number of carbonyl (C=O) groups is 2. The molecular formula is C20H33N3O3. The summed E-state index contributed by atoms with van der Waals surface area (Å²) < 4.78 is 5.89. The highest BCUT2D eigenvalue weighted by Gasteiger charge is 2.21. The molecule has 2 atom stereocenters. The molecule has 146 valence electrons. The molecule has 0 saturated carbocycles. The Bertz CT molecular complexity index is 569. The fraction of sp³-hybridized carbons (Fsp3) is 0.600. The number of para-hydroxylation sites is 1. The molecule has 0 aliphatic rings. The van der Waals surface area contributed by atoms with Gasteiger partial charge in [-0.1, -0.05) is 18.2 Å². The summed E-state index contributed by atoms with van der Waals surface area (Å²) in [5.74, 6) is 0.500. The van der Waals surface area contributed by atoms with Gasteiger partial charge in [0.1, 0.15) is 18.4 Å². The number of carbonyl (C=O) groups excluding carboxylic acids is 2. The Hall–Kier alpha value is -2.08. The van der Waals surface area contributed by atoms with E-state index < -0.39 is 6.04 Å². The smallest absolute Gasteiger partial charge is 0.242 e. The van der Waals surface area contributed by atoms with Gasteiger partial charge in [-0.05, 0) is 64.8 Å². The molecule has 0 fully saturated rings. The molecule has 26 heavy (non-hydrogen) atoms. The molecule has 0 aliphatic heterocycles. The van der Waals surface area contributed by atoms with Gasteiger partial charge in [-0.25, -0.2) is 0 Å². The SMILES string of the molecule is CNCCCC[C@H](NC(C)=O)C(=O)NC(C)COc1c(C)cccc1C. The lowest BCUT2D eigenvalue weighted by atomic mass is 10.1. The van der Waals surface area contributed by atoms with Gasteiger partial charge < -0.3 is 20.7 Å². The van der Waals surface area contributed by atoms with Crippen molar-refractivity contribution in [3.8, 4) is 5.75 Å². The standard InChI is InChI=1S/C20H33N3O3/c1-14-9-8-10-15(2)19(14)26-13-16(3)22-20(25)18(23-17(4)24)11-6-7-12-21-5/h8-10,16,18,21H,6-7,11-13H2,1-5H3,(H,22,25)(H,23,24)/t16?,18-/m0/s1. The van der Waals surface area contributed by atoms with Crippen molar-refractivity contribution < 1.29 is 14.3 Å². The van der Waals surface area contributed by atoms with Gasteiger partial charge in [0, 0.05) is 6.92 Å². The summed E-state index contributed by atoms with van der Waals surface area (Å²) in [6.07, 6.45) is 2.45. The largest absolute Gasteiger partial charge is 0.491 e. The van der Waals surface area contributed by atoms with Crippen LogP contribution in [0.4, 0.5) is 0 Å². The molecule has 0 bridgehead atoms. The third kappa shape index (κ3) is 7.87. The van der Waals surface area contributed by atoms with Gasteiger partial charge >= 0.3 is 0 Å². The quantitative estimate of drug-likeness (QED) is 0.526. The van der Waals surface area contributed by atoms with Crippen LogP contribution in [-0.2, 0) is 9.59 Å². The molecular weight excluding hydrogens is 330 g/mol. The van der Waals surface area contributed by atoms with Crippen LogP contribution >= 0.6 is 0 Å². The van der Waals surface area contributed by atoms with Crippen molar-refractivity contribution in [2.45, 2.75) is 59.0 Å². The summed E-state index contributed by atoms with van der Waals surface area (Å²) in [6, 6.07) is 5.34. The van der Waals surface area contributed by atoms with E-state index in [1.54, 1.807) is 0 Å². The third-order valence-corrected chi connectivity index (χ3v) is 4.14. The predicted octanol–water partition coefficient (Wildman–Crippen LogP) is 2.08. The predicted molar refractivity (Wildman–Crippen MR) is 104 cm³/mol. The maximum Gasteiger partial charge on any atom is 0.242 e. The Balaban J connectivity index is 2.53. The van der Waals surface area contributed by atoms with E-state index in [1.165, 1.54) is 6.92 Å². The van der Waals surface area contributed by atoms with Crippen molar-refractivity contribution in [3.63, 3.8) is 0 Å². The minimum Gasteiger partial charge on any atom is -0.491 e. The third-order valence-electron chi connectivity index (χ3n) is 4.14. The Morgan fingerprint density at radius 3 is 2.35 bits per heavy atom. The summed E-state index contributed by atoms with van der Waals surface area (Å²) in [4.78, 5) is 23.9. The van der Waals surface area contributed by atoms with Crippen LogP contribution in [-0.4, -0.2) is 44.1 Å². The molecule has 6 heteroatoms. The molecule has 0 heterocycles. The van der Waals surface area contributed by atoms with Gasteiger partial charge in [0.25, 0.3) is 0 Å². The molecule has 1 rings (SSSR count). The summed E-state index contributed by atoms with van der Waals surface area (Å²) in [5.41, 5.74) is 2.15. The van der Waals surface area contributed by atoms with Crippen molar-refractivity contribution >= 4 is 11.8 Å². The zero-order chi connectivity index (χ0) is 19.5. The van der Waals surface area contributed by atoms with Crippen LogP contribution in [0.3, 0.4) is 0 Å². The van der Waals surface area contributed by atoms with E-state index in [4.69, 9.17) is 4.74 Å². The second-order valence-corrected chi connectivity index (χ2v) is 6.79. The molecule has 6 nitrogen and oxygen atoms in total. The van der Waals surface area contributed by atoms with Crippen LogP contribution in [0.1, 0.15) is 44.2 Å². The summed E-state index contributed by atoms with van der Waals surface area (Å²) in [6.45, 7) is 8.62. The van der Waals surface area contributed by atoms with Gasteiger partial charge in [0.05, 0.1) is 6.04 Å². The lowest BCUT2D eigenvalue weighted by Gasteiger charge is -2.22. The van der Waals surface area contributed by atoms with E-state index in [1.807, 2.05) is 46.0 Å². The van der Waals surface area contributed by atoms with Crippen LogP contribution < -0.4 is 20.7 Å². The topological polar surface area (TPSA) is 79.5 Å². The number of ether oxygens (including phenoxy) is 1. The summed E-state index contributed by atoms with van der Waals surface area (Å²) >= 11 is 0. The van der Waals surface area contributed by atoms with E-state index in [9.17, 15) is 9.59 Å². The number of amides is 2. The van der Waals surface area contributed by atoms with E-state index in [0.29, 0.717) is 13.0 Å². The number of hydrogen-bond acceptors (Lipinski definition) is 4. The normalized spacial score (nSPS) is 13.0. The average Bonchev–Trinajstić information content (AvgIpc) is 2.56. The first-order valence-corrected chi connectivity index (χ1v) is 9.26. The fourth-order valence-electron chi connectivity index (χ4n) is 2.78. The molecule has 0 saturated heterocycles. The van der Waals surface area contributed by atoms with Gasteiger partial charge in [0.15, 0.2) is 0 Å². The Kier molecular flexibility index (Phi) is 9.73. The molecule has 0 aromatic heterocycles. The number of aryl methyl sites for hydroxylation is 2. The Labute approximate surface area is 157 Å². The molecule has 2 amide bonds. The highest BCUT2D eigenvalue weighted by Crippen LogP contribution is 2.22. The van der Waals surface area contributed by atoms with Gasteiger partial charge in [-0.15, -0.1) is 0 Å². The Morgan fingerprint density at radius 2 is 1.77 bits per heavy atom. The number of rotatable bonds is 11. The first kappa shape index (κ1) is 22.0. The van der Waals surface area contributed by atoms with E-state index in [2.05, 4.69) is 16.0 Å². The number of unbranched alkanes of at least 4 members (excludes halogenated alkanes) is 1. The second-order valence-electron chi connectivity index (χ2n) is 6.79. The van der Waals surface area contributed by atoms with E-state index in [0.717, 1.165) is 36.3 Å². The minimum atomic E-state index is -0.507. The number of hydrogen-bond donors (Lipinski definition) is 3. The highest BCUT2D eigenvalue weighted by molar-refractivity contribution is 5.86. The molecule has 1 aromatic carbocycles. The molecule has 1 aromatic rings. The Morgan fingerprint density at radius 1 is 1.12 bits per heavy atom. The van der Waals surface area contributed by atoms with Crippen molar-refractivity contribution in [1.29, 1.82) is 0 Å². The first-order valence-electron chi connectivity index (χ1n) is 9.26. The maximum absolute atomic E-state index is 12.5. The molecule has 0 aliphatic carbocycles. The van der Waals surface area contributed by atoms with Crippen LogP contribution in [0, 0.1) is 13.8 Å². The lowest BCUT2D eigenvalue weighted by molar-refractivity contribution is -0.128. The average molecular weight is 364 g/mol. The van der Waals surface area contributed by atoms with Gasteiger partial charge in [-0.2, -0.15) is 0 Å². The lowest BCUT2D eigenvalue weighted by Crippen LogP contribution is -2.49. The monoisotopic (exact) mass is 363 g/mol. The molecule has 1 unspecified atom stereocenters. The van der Waals surface area contributed by atoms with Crippen molar-refractivity contribution in [3.05, 3.63) is 29.3 Å². The van der Waals surface area contributed by atoms with Crippen LogP contribution in [0.2, 0.25) is 0 Å². The zero-order valence-corrected chi connectivity index (χ0v) is 16.6. The first-order chi connectivity index (χ1) is 12.3. The summed E-state index contributed by atoms with van der Waals surface area (Å²) in [7, 11) is 1.90. The highest BCUT2D eigenvalue weighted by atomic mass is 16.5. The molecule has 0 radical (unpaired) electrons. The van der Waals surface area contributed by atoms with Gasteiger partial charge in [-0.3, -0.25) is 9.59 Å². The number of nitrogens with one attached hydrogen (secondary N) is 3. The van der Waals surface area contributed by atoms with Crippen molar-refractivity contribution in [1.82, 2.24) is 16.0 Å². The van der Waals surface area contributed by atoms with Crippen molar-refractivity contribution in [2.24, 2.45) is 0 Å². The van der Waals surface area contributed by atoms with Crippen LogP contribution in [0.5, 0.6) is 5.75 Å². The van der Waals surface area contributed by atoms with Crippen LogP contribution in [0.25, 0.3) is 0 Å². The summed E-state index contributed by atoms with van der Waals surface area (Å²) in [5, 5.41) is 8.76. The molecule has 3 N–H and O–H groups in total. The van der Waals surface area contributed by atoms with E-state index in [-0.39, 0.29) is 17.9 Å². The van der Waals surface area contributed by atoms with Crippen molar-refractivity contribution in [2.75, 3.05) is 20.2 Å². The number of benzene rings is 1. The second kappa shape index (κ2) is 11.5.